The molecule has 168 valence electrons. The van der Waals surface area contributed by atoms with E-state index >= 15 is 0 Å². The molecule has 1 amide bonds. The van der Waals surface area contributed by atoms with E-state index in [1.165, 1.54) is 0 Å². The minimum Gasteiger partial charge on any atom is -0.454 e. The molecule has 0 bridgehead atoms. The van der Waals surface area contributed by atoms with E-state index in [-0.39, 0.29) is 18.7 Å². The van der Waals surface area contributed by atoms with Crippen molar-refractivity contribution in [3.8, 4) is 22.8 Å². The van der Waals surface area contributed by atoms with Crippen molar-refractivity contribution in [2.45, 2.75) is 39.8 Å². The number of hydrogen-bond donors (Lipinski definition) is 0. The topological polar surface area (TPSA) is 68.0 Å². The number of ether oxygens (including phenoxy) is 2. The second-order valence-electron chi connectivity index (χ2n) is 8.18. The molecule has 0 radical (unpaired) electrons. The number of fused-ring (bicyclic) bond motifs is 1. The van der Waals surface area contributed by atoms with E-state index in [0.29, 0.717) is 36.0 Å². The first-order valence-corrected chi connectivity index (χ1v) is 10.9. The lowest BCUT2D eigenvalue weighted by molar-refractivity contribution is 0.0743. The standard InChI is InChI=1S/C25H29N3O4/c1-5-13-28(24(29)19-11-12-21-22(14-19)31-16-30-21)15-20-23(18-9-7-6-8-10-18)26-32-25(20)27(4)17(2)3/h6-12,14,17H,5,13,15-16H2,1-4H3. The van der Waals surface area contributed by atoms with Gasteiger partial charge in [-0.1, -0.05) is 42.4 Å². The predicted octanol–water partition coefficient (Wildman–Crippen LogP) is 4.97. The lowest BCUT2D eigenvalue weighted by Crippen LogP contribution is -2.33. The highest BCUT2D eigenvalue weighted by molar-refractivity contribution is 5.95. The van der Waals surface area contributed by atoms with Crippen molar-refractivity contribution in [3.63, 3.8) is 0 Å². The smallest absolute Gasteiger partial charge is 0.254 e. The number of aromatic nitrogens is 1. The highest BCUT2D eigenvalue weighted by atomic mass is 16.7. The quantitative estimate of drug-likeness (QED) is 0.498. The highest BCUT2D eigenvalue weighted by Gasteiger charge is 2.27. The molecule has 4 rings (SSSR count). The lowest BCUT2D eigenvalue weighted by atomic mass is 10.1. The molecule has 3 aromatic rings. The fraction of sp³-hybridized carbons (Fsp3) is 0.360. The Balaban J connectivity index is 1.70. The summed E-state index contributed by atoms with van der Waals surface area (Å²) in [6.07, 6.45) is 0.831. The lowest BCUT2D eigenvalue weighted by Gasteiger charge is -2.25. The van der Waals surface area contributed by atoms with Crippen LogP contribution in [0.3, 0.4) is 0 Å². The molecule has 1 aliphatic rings. The Morgan fingerprint density at radius 2 is 1.84 bits per heavy atom. The Morgan fingerprint density at radius 1 is 1.09 bits per heavy atom. The SMILES string of the molecule is CCCN(Cc1c(-c2ccccc2)noc1N(C)C(C)C)C(=O)c1ccc2c(c1)OCO2. The van der Waals surface area contributed by atoms with Crippen molar-refractivity contribution in [3.05, 3.63) is 59.7 Å². The number of carbonyl (C=O) groups is 1. The molecule has 1 aromatic heterocycles. The molecule has 0 aliphatic carbocycles. The zero-order chi connectivity index (χ0) is 22.7. The van der Waals surface area contributed by atoms with Crippen molar-refractivity contribution in [2.75, 3.05) is 25.3 Å². The summed E-state index contributed by atoms with van der Waals surface area (Å²) < 4.78 is 16.6. The Labute approximate surface area is 188 Å². The molecule has 0 unspecified atom stereocenters. The summed E-state index contributed by atoms with van der Waals surface area (Å²) in [5.74, 6) is 1.87. The fourth-order valence-electron chi connectivity index (χ4n) is 3.70. The van der Waals surface area contributed by atoms with Gasteiger partial charge in [-0.15, -0.1) is 0 Å². The average Bonchev–Trinajstić information content (AvgIpc) is 3.44. The molecule has 2 heterocycles. The first-order valence-electron chi connectivity index (χ1n) is 10.9. The van der Waals surface area contributed by atoms with Crippen LogP contribution in [0.5, 0.6) is 11.5 Å². The van der Waals surface area contributed by atoms with Gasteiger partial charge in [-0.25, -0.2) is 0 Å². The van der Waals surface area contributed by atoms with E-state index in [2.05, 4.69) is 25.9 Å². The normalized spacial score (nSPS) is 12.3. The molecule has 7 nitrogen and oxygen atoms in total. The zero-order valence-corrected chi connectivity index (χ0v) is 19.0. The number of amides is 1. The molecule has 0 saturated heterocycles. The highest BCUT2D eigenvalue weighted by Crippen LogP contribution is 2.35. The van der Waals surface area contributed by atoms with Gasteiger partial charge in [0.05, 0.1) is 12.1 Å². The third-order valence-corrected chi connectivity index (χ3v) is 5.66. The van der Waals surface area contributed by atoms with Gasteiger partial charge in [-0.05, 0) is 38.5 Å². The van der Waals surface area contributed by atoms with Crippen molar-refractivity contribution in [1.82, 2.24) is 10.1 Å². The molecule has 0 fully saturated rings. The maximum absolute atomic E-state index is 13.5. The average molecular weight is 436 g/mol. The van der Waals surface area contributed by atoms with Crippen LogP contribution in [0.25, 0.3) is 11.3 Å². The van der Waals surface area contributed by atoms with Crippen LogP contribution < -0.4 is 14.4 Å². The van der Waals surface area contributed by atoms with E-state index in [1.54, 1.807) is 18.2 Å². The van der Waals surface area contributed by atoms with Crippen LogP contribution in [-0.4, -0.2) is 42.4 Å². The fourth-order valence-corrected chi connectivity index (χ4v) is 3.70. The van der Waals surface area contributed by atoms with Crippen LogP contribution in [-0.2, 0) is 6.54 Å². The van der Waals surface area contributed by atoms with Gasteiger partial charge in [0.25, 0.3) is 5.91 Å². The van der Waals surface area contributed by atoms with Crippen LogP contribution in [0.4, 0.5) is 5.88 Å². The zero-order valence-electron chi connectivity index (χ0n) is 19.0. The third kappa shape index (κ3) is 4.28. The summed E-state index contributed by atoms with van der Waals surface area (Å²) >= 11 is 0. The summed E-state index contributed by atoms with van der Waals surface area (Å²) in [6.45, 7) is 7.43. The van der Waals surface area contributed by atoms with Crippen LogP contribution in [0.1, 0.15) is 43.1 Å². The van der Waals surface area contributed by atoms with Gasteiger partial charge in [-0.3, -0.25) is 4.79 Å². The van der Waals surface area contributed by atoms with Crippen molar-refractivity contribution < 1.29 is 18.8 Å². The largest absolute Gasteiger partial charge is 0.454 e. The summed E-state index contributed by atoms with van der Waals surface area (Å²) in [7, 11) is 1.98. The number of nitrogens with zero attached hydrogens (tertiary/aromatic N) is 3. The molecule has 0 spiro atoms. The van der Waals surface area contributed by atoms with E-state index in [4.69, 9.17) is 14.0 Å². The van der Waals surface area contributed by atoms with Gasteiger partial charge >= 0.3 is 0 Å². The number of carbonyl (C=O) groups excluding carboxylic acids is 1. The van der Waals surface area contributed by atoms with E-state index < -0.39 is 0 Å². The monoisotopic (exact) mass is 435 g/mol. The van der Waals surface area contributed by atoms with Gasteiger partial charge in [0.2, 0.25) is 12.7 Å². The number of rotatable bonds is 8. The Kier molecular flexibility index (Phi) is 6.35. The Hall–Kier alpha value is -3.48. The summed E-state index contributed by atoms with van der Waals surface area (Å²) in [5, 5.41) is 4.39. The number of benzene rings is 2. The second kappa shape index (κ2) is 9.34. The number of hydrogen-bond acceptors (Lipinski definition) is 6. The predicted molar refractivity (Wildman–Crippen MR) is 123 cm³/mol. The van der Waals surface area contributed by atoms with Gasteiger partial charge in [0.1, 0.15) is 5.69 Å². The number of anilines is 1. The first kappa shape index (κ1) is 21.7. The first-order chi connectivity index (χ1) is 15.5. The van der Waals surface area contributed by atoms with Crippen LogP contribution in [0.2, 0.25) is 0 Å². The van der Waals surface area contributed by atoms with Gasteiger partial charge in [-0.2, -0.15) is 0 Å². The summed E-state index contributed by atoms with van der Waals surface area (Å²) in [6, 6.07) is 15.5. The molecule has 2 aromatic carbocycles. The summed E-state index contributed by atoms with van der Waals surface area (Å²) in [4.78, 5) is 17.4. The minimum atomic E-state index is -0.0662. The van der Waals surface area contributed by atoms with Gasteiger partial charge < -0.3 is 23.8 Å². The van der Waals surface area contributed by atoms with E-state index in [1.807, 2.05) is 47.2 Å². The van der Waals surface area contributed by atoms with E-state index in [9.17, 15) is 4.79 Å². The van der Waals surface area contributed by atoms with Crippen LogP contribution in [0, 0.1) is 0 Å². The van der Waals surface area contributed by atoms with Crippen molar-refractivity contribution >= 4 is 11.8 Å². The molecule has 0 saturated carbocycles. The Bertz CT molecular complexity index is 1080. The third-order valence-electron chi connectivity index (χ3n) is 5.66. The molecular formula is C25H29N3O4. The van der Waals surface area contributed by atoms with E-state index in [0.717, 1.165) is 23.2 Å². The van der Waals surface area contributed by atoms with Crippen LogP contribution in [0.15, 0.2) is 53.1 Å². The van der Waals surface area contributed by atoms with Gasteiger partial charge in [0, 0.05) is 30.8 Å². The van der Waals surface area contributed by atoms with Crippen molar-refractivity contribution in [2.24, 2.45) is 0 Å². The Morgan fingerprint density at radius 3 is 2.56 bits per heavy atom. The molecule has 0 atom stereocenters. The van der Waals surface area contributed by atoms with Crippen molar-refractivity contribution in [1.29, 1.82) is 0 Å². The molecule has 1 aliphatic heterocycles. The van der Waals surface area contributed by atoms with Crippen LogP contribution >= 0.6 is 0 Å². The molecule has 7 heteroatoms. The molecule has 0 N–H and O–H groups in total. The summed E-state index contributed by atoms with van der Waals surface area (Å²) in [5.41, 5.74) is 3.18. The minimum absolute atomic E-state index is 0.0662. The molecular weight excluding hydrogens is 406 g/mol. The van der Waals surface area contributed by atoms with Gasteiger partial charge in [0.15, 0.2) is 11.5 Å². The second-order valence-corrected chi connectivity index (χ2v) is 8.18. The molecule has 32 heavy (non-hydrogen) atoms. The maximum atomic E-state index is 13.5. The maximum Gasteiger partial charge on any atom is 0.254 e.